The van der Waals surface area contributed by atoms with Crippen molar-refractivity contribution in [2.24, 2.45) is 11.3 Å². The van der Waals surface area contributed by atoms with Crippen molar-refractivity contribution in [2.75, 3.05) is 32.9 Å². The van der Waals surface area contributed by atoms with Crippen LogP contribution in [0.1, 0.15) is 16.8 Å². The maximum absolute atomic E-state index is 12.6. The van der Waals surface area contributed by atoms with Crippen LogP contribution in [0.5, 0.6) is 5.75 Å². The number of likely N-dealkylation sites (tertiary alicyclic amines) is 1. The van der Waals surface area contributed by atoms with E-state index in [2.05, 4.69) is 4.74 Å². The third kappa shape index (κ3) is 3.34. The zero-order valence-corrected chi connectivity index (χ0v) is 12.9. The van der Waals surface area contributed by atoms with Gasteiger partial charge >= 0.3 is 6.36 Å². The van der Waals surface area contributed by atoms with E-state index in [4.69, 9.17) is 4.74 Å². The third-order valence-corrected chi connectivity index (χ3v) is 4.81. The third-order valence-electron chi connectivity index (χ3n) is 4.81. The van der Waals surface area contributed by atoms with E-state index in [1.807, 2.05) is 0 Å². The summed E-state index contributed by atoms with van der Waals surface area (Å²) in [6.07, 6.45) is -4.07. The van der Waals surface area contributed by atoms with Gasteiger partial charge in [0.05, 0.1) is 13.2 Å². The van der Waals surface area contributed by atoms with E-state index in [-0.39, 0.29) is 35.2 Å². The van der Waals surface area contributed by atoms with Crippen LogP contribution in [0.15, 0.2) is 24.3 Å². The highest BCUT2D eigenvalue weighted by molar-refractivity contribution is 5.94. The van der Waals surface area contributed by atoms with Crippen molar-refractivity contribution >= 4 is 5.91 Å². The number of alkyl halides is 3. The molecule has 2 aliphatic rings. The summed E-state index contributed by atoms with van der Waals surface area (Å²) in [6.45, 7) is 1.95. The molecule has 132 valence electrons. The largest absolute Gasteiger partial charge is 0.573 e. The Labute approximate surface area is 137 Å². The van der Waals surface area contributed by atoms with Crippen molar-refractivity contribution in [3.63, 3.8) is 0 Å². The second kappa shape index (κ2) is 6.25. The van der Waals surface area contributed by atoms with Crippen LogP contribution in [0.3, 0.4) is 0 Å². The van der Waals surface area contributed by atoms with E-state index in [0.717, 1.165) is 12.1 Å². The molecule has 0 spiro atoms. The molecule has 1 aromatic carbocycles. The van der Waals surface area contributed by atoms with Crippen LogP contribution >= 0.6 is 0 Å². The standard InChI is InChI=1S/C16H18F3NO4/c17-16(18,19)24-13-3-1-11(2-4-13)14(22)20-7-12-8-23-6-5-15(12,9-20)10-21/h1-4,12,21H,5-10H2/t12-,15-/m1/s1. The molecular weight excluding hydrogens is 327 g/mol. The molecule has 24 heavy (non-hydrogen) atoms. The molecule has 2 atom stereocenters. The molecule has 1 amide bonds. The Morgan fingerprint density at radius 3 is 2.67 bits per heavy atom. The van der Waals surface area contributed by atoms with Crippen LogP contribution in [0.25, 0.3) is 0 Å². The van der Waals surface area contributed by atoms with Crippen LogP contribution in [-0.2, 0) is 4.74 Å². The van der Waals surface area contributed by atoms with E-state index in [9.17, 15) is 23.1 Å². The molecular formula is C16H18F3NO4. The lowest BCUT2D eigenvalue weighted by atomic mass is 9.75. The van der Waals surface area contributed by atoms with Crippen molar-refractivity contribution in [1.82, 2.24) is 4.90 Å². The minimum Gasteiger partial charge on any atom is -0.406 e. The lowest BCUT2D eigenvalue weighted by Crippen LogP contribution is -2.41. The number of ether oxygens (including phenoxy) is 2. The molecule has 1 aromatic rings. The van der Waals surface area contributed by atoms with Crippen LogP contribution in [0.4, 0.5) is 13.2 Å². The molecule has 0 saturated carbocycles. The van der Waals surface area contributed by atoms with Gasteiger partial charge in [0, 0.05) is 36.6 Å². The molecule has 0 bridgehead atoms. The number of nitrogens with zero attached hydrogens (tertiary/aromatic N) is 1. The molecule has 2 saturated heterocycles. The van der Waals surface area contributed by atoms with Gasteiger partial charge in [-0.05, 0) is 30.7 Å². The van der Waals surface area contributed by atoms with E-state index >= 15 is 0 Å². The van der Waals surface area contributed by atoms with Gasteiger partial charge in [0.15, 0.2) is 0 Å². The molecule has 8 heteroatoms. The summed E-state index contributed by atoms with van der Waals surface area (Å²) in [5.74, 6) is -0.557. The van der Waals surface area contributed by atoms with Gasteiger partial charge in [0.25, 0.3) is 5.91 Å². The Bertz CT molecular complexity index is 604. The first kappa shape index (κ1) is 17.0. The minimum absolute atomic E-state index is 0.0107. The number of benzene rings is 1. The quantitative estimate of drug-likeness (QED) is 0.911. The molecule has 3 rings (SSSR count). The lowest BCUT2D eigenvalue weighted by Gasteiger charge is -2.36. The fourth-order valence-electron chi connectivity index (χ4n) is 3.44. The molecule has 2 aliphatic heterocycles. The first-order chi connectivity index (χ1) is 11.3. The van der Waals surface area contributed by atoms with Gasteiger partial charge < -0.3 is 19.5 Å². The van der Waals surface area contributed by atoms with Gasteiger partial charge in [-0.2, -0.15) is 0 Å². The number of aliphatic hydroxyl groups excluding tert-OH is 1. The Balaban J connectivity index is 1.71. The maximum Gasteiger partial charge on any atom is 0.573 e. The summed E-state index contributed by atoms with van der Waals surface area (Å²) < 4.78 is 45.7. The van der Waals surface area contributed by atoms with E-state index in [0.29, 0.717) is 32.7 Å². The normalized spacial score (nSPS) is 27.0. The second-order valence-corrected chi connectivity index (χ2v) is 6.30. The number of rotatable bonds is 3. The van der Waals surface area contributed by atoms with Gasteiger partial charge in [-0.15, -0.1) is 13.2 Å². The smallest absolute Gasteiger partial charge is 0.406 e. The lowest BCUT2D eigenvalue weighted by molar-refractivity contribution is -0.274. The monoisotopic (exact) mass is 345 g/mol. The Kier molecular flexibility index (Phi) is 4.44. The number of carbonyl (C=O) groups excluding carboxylic acids is 1. The zero-order chi connectivity index (χ0) is 17.4. The second-order valence-electron chi connectivity index (χ2n) is 6.30. The van der Waals surface area contributed by atoms with Crippen LogP contribution in [0.2, 0.25) is 0 Å². The Hall–Kier alpha value is -1.80. The van der Waals surface area contributed by atoms with Gasteiger partial charge in [-0.3, -0.25) is 4.79 Å². The number of fused-ring (bicyclic) bond motifs is 1. The number of amides is 1. The molecule has 1 N–H and O–H groups in total. The highest BCUT2D eigenvalue weighted by Crippen LogP contribution is 2.42. The average molecular weight is 345 g/mol. The van der Waals surface area contributed by atoms with E-state index in [1.54, 1.807) is 4.90 Å². The van der Waals surface area contributed by atoms with Gasteiger partial charge in [-0.25, -0.2) is 0 Å². The summed E-state index contributed by atoms with van der Waals surface area (Å²) in [5, 5.41) is 9.75. The predicted octanol–water partition coefficient (Wildman–Crippen LogP) is 2.06. The van der Waals surface area contributed by atoms with Crippen molar-refractivity contribution in [1.29, 1.82) is 0 Å². The van der Waals surface area contributed by atoms with Gasteiger partial charge in [0.2, 0.25) is 0 Å². The van der Waals surface area contributed by atoms with Gasteiger partial charge in [0.1, 0.15) is 5.75 Å². The summed E-state index contributed by atoms with van der Waals surface area (Å²) in [6, 6.07) is 4.87. The van der Waals surface area contributed by atoms with E-state index in [1.165, 1.54) is 12.1 Å². The summed E-state index contributed by atoms with van der Waals surface area (Å²) >= 11 is 0. The number of hydrogen-bond donors (Lipinski definition) is 1. The average Bonchev–Trinajstić information content (AvgIpc) is 2.93. The molecule has 0 aromatic heterocycles. The molecule has 0 radical (unpaired) electrons. The molecule has 2 heterocycles. The zero-order valence-electron chi connectivity index (χ0n) is 12.9. The number of halogens is 3. The Morgan fingerprint density at radius 2 is 2.08 bits per heavy atom. The highest BCUT2D eigenvalue weighted by atomic mass is 19.4. The SMILES string of the molecule is O=C(c1ccc(OC(F)(F)F)cc1)N1C[C@@H]2COCC[C@]2(CO)C1. The minimum atomic E-state index is -4.76. The molecule has 2 fully saturated rings. The summed E-state index contributed by atoms with van der Waals surface area (Å²) in [5.41, 5.74) is -0.0510. The maximum atomic E-state index is 12.6. The predicted molar refractivity (Wildman–Crippen MR) is 77.5 cm³/mol. The van der Waals surface area contributed by atoms with E-state index < -0.39 is 6.36 Å². The Morgan fingerprint density at radius 1 is 1.38 bits per heavy atom. The fraction of sp³-hybridized carbons (Fsp3) is 0.562. The summed E-state index contributed by atoms with van der Waals surface area (Å²) in [4.78, 5) is 14.2. The highest BCUT2D eigenvalue weighted by Gasteiger charge is 2.49. The van der Waals surface area contributed by atoms with Crippen molar-refractivity contribution < 1.29 is 32.5 Å². The van der Waals surface area contributed by atoms with Gasteiger partial charge in [-0.1, -0.05) is 0 Å². The first-order valence-electron chi connectivity index (χ1n) is 7.67. The first-order valence-corrected chi connectivity index (χ1v) is 7.67. The number of hydrogen-bond acceptors (Lipinski definition) is 4. The fourth-order valence-corrected chi connectivity index (χ4v) is 3.44. The van der Waals surface area contributed by atoms with Crippen molar-refractivity contribution in [2.45, 2.75) is 12.8 Å². The van der Waals surface area contributed by atoms with Crippen LogP contribution in [-0.4, -0.2) is 55.2 Å². The van der Waals surface area contributed by atoms with Crippen LogP contribution < -0.4 is 4.74 Å². The van der Waals surface area contributed by atoms with Crippen LogP contribution in [0, 0.1) is 11.3 Å². The van der Waals surface area contributed by atoms with Crippen molar-refractivity contribution in [3.05, 3.63) is 29.8 Å². The molecule has 0 aliphatic carbocycles. The summed E-state index contributed by atoms with van der Waals surface area (Å²) in [7, 11) is 0. The molecule has 0 unspecified atom stereocenters. The molecule has 5 nitrogen and oxygen atoms in total. The number of carbonyl (C=O) groups is 1. The topological polar surface area (TPSA) is 59.0 Å². The van der Waals surface area contributed by atoms with Crippen molar-refractivity contribution in [3.8, 4) is 5.75 Å². The number of aliphatic hydroxyl groups is 1.